The lowest BCUT2D eigenvalue weighted by Gasteiger charge is -2.42. The van der Waals surface area contributed by atoms with Crippen LogP contribution in [0.1, 0.15) is 46.0 Å². The van der Waals surface area contributed by atoms with Gasteiger partial charge in [0.1, 0.15) is 24.4 Å². The van der Waals surface area contributed by atoms with Gasteiger partial charge >= 0.3 is 0 Å². The average Bonchev–Trinajstić information content (AvgIpc) is 2.49. The summed E-state index contributed by atoms with van der Waals surface area (Å²) in [4.78, 5) is 11.2. The SMILES string of the molecule is CCCCCCCOC1OC(CO)C(O)C(O)C1NC(C)=O. The molecule has 7 nitrogen and oxygen atoms in total. The van der Waals surface area contributed by atoms with Crippen LogP contribution < -0.4 is 5.32 Å². The van der Waals surface area contributed by atoms with Crippen LogP contribution in [0.4, 0.5) is 0 Å². The molecule has 1 rings (SSSR count). The summed E-state index contributed by atoms with van der Waals surface area (Å²) in [6.45, 7) is 3.47. The lowest BCUT2D eigenvalue weighted by atomic mass is 9.97. The van der Waals surface area contributed by atoms with Crippen molar-refractivity contribution in [3.8, 4) is 0 Å². The van der Waals surface area contributed by atoms with Crippen LogP contribution in [0.3, 0.4) is 0 Å². The molecule has 1 saturated heterocycles. The molecular formula is C15H29NO6. The second-order valence-electron chi connectivity index (χ2n) is 5.72. The molecule has 0 bridgehead atoms. The summed E-state index contributed by atoms with van der Waals surface area (Å²) in [6.07, 6.45) is 1.06. The topological polar surface area (TPSA) is 108 Å². The van der Waals surface area contributed by atoms with E-state index in [0.29, 0.717) is 6.61 Å². The summed E-state index contributed by atoms with van der Waals surface area (Å²) in [7, 11) is 0. The second-order valence-corrected chi connectivity index (χ2v) is 5.72. The standard InChI is InChI=1S/C15H29NO6/c1-3-4-5-6-7-8-21-15-12(16-10(2)18)14(20)13(19)11(9-17)22-15/h11-15,17,19-20H,3-9H2,1-2H3,(H,16,18). The lowest BCUT2D eigenvalue weighted by molar-refractivity contribution is -0.270. The minimum Gasteiger partial charge on any atom is -0.394 e. The third kappa shape index (κ3) is 5.81. The summed E-state index contributed by atoms with van der Waals surface area (Å²) < 4.78 is 11.1. The molecule has 5 unspecified atom stereocenters. The molecule has 1 fully saturated rings. The molecule has 4 N–H and O–H groups in total. The third-order valence-electron chi connectivity index (χ3n) is 3.78. The number of hydrogen-bond donors (Lipinski definition) is 4. The predicted molar refractivity (Wildman–Crippen MR) is 80.1 cm³/mol. The van der Waals surface area contributed by atoms with Crippen molar-refractivity contribution in [2.24, 2.45) is 0 Å². The fraction of sp³-hybridized carbons (Fsp3) is 0.933. The van der Waals surface area contributed by atoms with E-state index in [1.165, 1.54) is 19.8 Å². The Balaban J connectivity index is 2.52. The average molecular weight is 319 g/mol. The molecule has 5 atom stereocenters. The van der Waals surface area contributed by atoms with E-state index in [2.05, 4.69) is 12.2 Å². The van der Waals surface area contributed by atoms with Crippen LogP contribution in [0.25, 0.3) is 0 Å². The fourth-order valence-electron chi connectivity index (χ4n) is 2.52. The summed E-state index contributed by atoms with van der Waals surface area (Å²) in [5.74, 6) is -0.348. The molecule has 0 aromatic rings. The Morgan fingerprint density at radius 2 is 1.86 bits per heavy atom. The van der Waals surface area contributed by atoms with Gasteiger partial charge in [-0.2, -0.15) is 0 Å². The number of amides is 1. The molecule has 1 heterocycles. The molecule has 0 spiro atoms. The van der Waals surface area contributed by atoms with Crippen molar-refractivity contribution in [1.82, 2.24) is 5.32 Å². The number of aliphatic hydroxyl groups excluding tert-OH is 3. The first-order valence-electron chi connectivity index (χ1n) is 8.02. The highest BCUT2D eigenvalue weighted by molar-refractivity contribution is 5.73. The van der Waals surface area contributed by atoms with Gasteiger partial charge < -0.3 is 30.1 Å². The quantitative estimate of drug-likeness (QED) is 0.443. The smallest absolute Gasteiger partial charge is 0.217 e. The Kier molecular flexibility index (Phi) is 8.89. The van der Waals surface area contributed by atoms with Gasteiger partial charge in [0.25, 0.3) is 0 Å². The van der Waals surface area contributed by atoms with Crippen LogP contribution in [-0.4, -0.2) is 65.1 Å². The molecule has 0 aromatic heterocycles. The van der Waals surface area contributed by atoms with E-state index in [0.717, 1.165) is 19.3 Å². The van der Waals surface area contributed by atoms with E-state index in [4.69, 9.17) is 9.47 Å². The highest BCUT2D eigenvalue weighted by Crippen LogP contribution is 2.22. The summed E-state index contributed by atoms with van der Waals surface area (Å²) in [5, 5.41) is 31.7. The minimum atomic E-state index is -1.27. The lowest BCUT2D eigenvalue weighted by Crippen LogP contribution is -2.64. The number of nitrogens with one attached hydrogen (secondary N) is 1. The summed E-state index contributed by atoms with van der Waals surface area (Å²) >= 11 is 0. The van der Waals surface area contributed by atoms with E-state index < -0.39 is 37.3 Å². The number of unbranched alkanes of at least 4 members (excludes halogenated alkanes) is 4. The second kappa shape index (κ2) is 10.1. The predicted octanol–water partition coefficient (Wildman–Crippen LogP) is -0.0829. The van der Waals surface area contributed by atoms with Gasteiger partial charge in [-0.1, -0.05) is 32.6 Å². The zero-order valence-electron chi connectivity index (χ0n) is 13.4. The normalized spacial score (nSPS) is 32.0. The summed E-state index contributed by atoms with van der Waals surface area (Å²) in [5.41, 5.74) is 0. The minimum absolute atomic E-state index is 0.348. The van der Waals surface area contributed by atoms with Gasteiger partial charge in [-0.05, 0) is 6.42 Å². The number of carbonyl (C=O) groups is 1. The van der Waals surface area contributed by atoms with Crippen molar-refractivity contribution in [2.75, 3.05) is 13.2 Å². The molecule has 1 aliphatic heterocycles. The highest BCUT2D eigenvalue weighted by Gasteiger charge is 2.45. The van der Waals surface area contributed by atoms with E-state index in [1.807, 2.05) is 0 Å². The number of ether oxygens (including phenoxy) is 2. The van der Waals surface area contributed by atoms with Crippen molar-refractivity contribution < 1.29 is 29.6 Å². The Morgan fingerprint density at radius 3 is 2.45 bits per heavy atom. The maximum absolute atomic E-state index is 11.2. The van der Waals surface area contributed by atoms with Crippen LogP contribution >= 0.6 is 0 Å². The van der Waals surface area contributed by atoms with E-state index in [-0.39, 0.29) is 5.91 Å². The number of hydrogen-bond acceptors (Lipinski definition) is 6. The molecule has 0 saturated carbocycles. The molecule has 0 aromatic carbocycles. The van der Waals surface area contributed by atoms with Crippen LogP contribution in [0.15, 0.2) is 0 Å². The summed E-state index contributed by atoms with van der Waals surface area (Å²) in [6, 6.07) is -0.856. The molecule has 1 amide bonds. The van der Waals surface area contributed by atoms with Gasteiger partial charge in [-0.3, -0.25) is 4.79 Å². The number of rotatable bonds is 9. The van der Waals surface area contributed by atoms with E-state index in [9.17, 15) is 20.1 Å². The van der Waals surface area contributed by atoms with Crippen LogP contribution in [0.5, 0.6) is 0 Å². The van der Waals surface area contributed by atoms with Crippen molar-refractivity contribution in [1.29, 1.82) is 0 Å². The van der Waals surface area contributed by atoms with Crippen molar-refractivity contribution in [3.05, 3.63) is 0 Å². The molecule has 130 valence electrons. The first-order valence-corrected chi connectivity index (χ1v) is 8.02. The van der Waals surface area contributed by atoms with Crippen molar-refractivity contribution in [3.63, 3.8) is 0 Å². The van der Waals surface area contributed by atoms with Gasteiger partial charge in [0.2, 0.25) is 5.91 Å². The highest BCUT2D eigenvalue weighted by atomic mass is 16.7. The van der Waals surface area contributed by atoms with Gasteiger partial charge in [0.05, 0.1) is 6.61 Å². The maximum Gasteiger partial charge on any atom is 0.217 e. The largest absolute Gasteiger partial charge is 0.394 e. The molecule has 22 heavy (non-hydrogen) atoms. The molecular weight excluding hydrogens is 290 g/mol. The first-order chi connectivity index (χ1) is 10.5. The third-order valence-corrected chi connectivity index (χ3v) is 3.78. The van der Waals surface area contributed by atoms with Gasteiger partial charge in [0, 0.05) is 13.5 Å². The number of carbonyl (C=O) groups excluding carboxylic acids is 1. The molecule has 0 aliphatic carbocycles. The van der Waals surface area contributed by atoms with E-state index >= 15 is 0 Å². The zero-order valence-corrected chi connectivity index (χ0v) is 13.4. The zero-order chi connectivity index (χ0) is 16.5. The Labute approximate surface area is 131 Å². The van der Waals surface area contributed by atoms with Crippen molar-refractivity contribution >= 4 is 5.91 Å². The first kappa shape index (κ1) is 19.3. The van der Waals surface area contributed by atoms with E-state index in [1.54, 1.807) is 0 Å². The van der Waals surface area contributed by atoms with Gasteiger partial charge in [-0.25, -0.2) is 0 Å². The molecule has 0 radical (unpaired) electrons. The maximum atomic E-state index is 11.2. The van der Waals surface area contributed by atoms with Crippen LogP contribution in [0.2, 0.25) is 0 Å². The Bertz CT molecular complexity index is 327. The van der Waals surface area contributed by atoms with Crippen LogP contribution in [-0.2, 0) is 14.3 Å². The fourth-order valence-corrected chi connectivity index (χ4v) is 2.52. The molecule has 1 aliphatic rings. The number of aliphatic hydroxyl groups is 3. The van der Waals surface area contributed by atoms with Crippen LogP contribution in [0, 0.1) is 0 Å². The van der Waals surface area contributed by atoms with Gasteiger partial charge in [0.15, 0.2) is 6.29 Å². The van der Waals surface area contributed by atoms with Crippen molar-refractivity contribution in [2.45, 2.75) is 76.6 Å². The monoisotopic (exact) mass is 319 g/mol. The Morgan fingerprint density at radius 1 is 1.18 bits per heavy atom. The molecule has 7 heteroatoms. The van der Waals surface area contributed by atoms with Gasteiger partial charge in [-0.15, -0.1) is 0 Å². The Hall–Kier alpha value is -0.730.